The van der Waals surface area contributed by atoms with Gasteiger partial charge in [-0.15, -0.1) is 0 Å². The van der Waals surface area contributed by atoms with Crippen LogP contribution in [0, 0.1) is 0 Å². The fourth-order valence-electron chi connectivity index (χ4n) is 1.70. The highest BCUT2D eigenvalue weighted by molar-refractivity contribution is 5.29. The Balaban J connectivity index is 1.89. The first-order chi connectivity index (χ1) is 8.75. The summed E-state index contributed by atoms with van der Waals surface area (Å²) in [5.41, 5.74) is 2.03. The van der Waals surface area contributed by atoms with E-state index < -0.39 is 6.10 Å². The fourth-order valence-corrected chi connectivity index (χ4v) is 1.70. The molecule has 18 heavy (non-hydrogen) atoms. The third-order valence-electron chi connectivity index (χ3n) is 2.72. The number of ether oxygens (including phenoxy) is 1. The van der Waals surface area contributed by atoms with Crippen molar-refractivity contribution in [1.82, 2.24) is 4.98 Å². The summed E-state index contributed by atoms with van der Waals surface area (Å²) in [7, 11) is 0. The normalized spacial score (nSPS) is 12.1. The fraction of sp³-hybridized carbons (Fsp3) is 0.267. The van der Waals surface area contributed by atoms with Crippen molar-refractivity contribution in [2.24, 2.45) is 0 Å². The zero-order valence-electron chi connectivity index (χ0n) is 10.4. The second kappa shape index (κ2) is 6.17. The summed E-state index contributed by atoms with van der Waals surface area (Å²) < 4.78 is 5.66. The highest BCUT2D eigenvalue weighted by Gasteiger charge is 2.02. The van der Waals surface area contributed by atoms with E-state index in [1.165, 1.54) is 0 Å². The topological polar surface area (TPSA) is 42.4 Å². The summed E-state index contributed by atoms with van der Waals surface area (Å²) in [6, 6.07) is 11.5. The Bertz CT molecular complexity index is 483. The first-order valence-corrected chi connectivity index (χ1v) is 6.05. The van der Waals surface area contributed by atoms with Crippen molar-refractivity contribution >= 4 is 0 Å². The largest absolute Gasteiger partial charge is 0.493 e. The minimum absolute atomic E-state index is 0.466. The lowest BCUT2D eigenvalue weighted by Crippen LogP contribution is -2.02. The Labute approximate surface area is 107 Å². The zero-order valence-corrected chi connectivity index (χ0v) is 10.4. The molecule has 2 aromatic rings. The maximum Gasteiger partial charge on any atom is 0.119 e. The number of rotatable bonds is 5. The third kappa shape index (κ3) is 3.57. The number of aliphatic hydroxyl groups excluding tert-OH is 1. The lowest BCUT2D eigenvalue weighted by atomic mass is 10.1. The van der Waals surface area contributed by atoms with E-state index in [0.717, 1.165) is 23.3 Å². The molecule has 0 aliphatic rings. The first kappa shape index (κ1) is 12.6. The maximum absolute atomic E-state index is 9.49. The molecule has 0 unspecified atom stereocenters. The van der Waals surface area contributed by atoms with Crippen LogP contribution in [0.25, 0.3) is 0 Å². The minimum atomic E-state index is -0.466. The lowest BCUT2D eigenvalue weighted by Gasteiger charge is -2.09. The van der Waals surface area contributed by atoms with Gasteiger partial charge in [0.05, 0.1) is 12.7 Å². The second-order valence-electron chi connectivity index (χ2n) is 4.21. The first-order valence-electron chi connectivity index (χ1n) is 6.05. The van der Waals surface area contributed by atoms with Crippen LogP contribution in [0.4, 0.5) is 0 Å². The molecule has 94 valence electrons. The van der Waals surface area contributed by atoms with Crippen molar-refractivity contribution in [2.45, 2.75) is 19.4 Å². The SMILES string of the molecule is C[C@H](O)c1cccc(OCCc2cccnc2)c1. The van der Waals surface area contributed by atoms with Gasteiger partial charge in [0.15, 0.2) is 0 Å². The van der Waals surface area contributed by atoms with Crippen LogP contribution in [0.2, 0.25) is 0 Å². The van der Waals surface area contributed by atoms with Gasteiger partial charge >= 0.3 is 0 Å². The molecule has 2 rings (SSSR count). The van der Waals surface area contributed by atoms with Gasteiger partial charge in [-0.05, 0) is 36.2 Å². The number of nitrogens with zero attached hydrogens (tertiary/aromatic N) is 1. The van der Waals surface area contributed by atoms with Gasteiger partial charge in [-0.25, -0.2) is 0 Å². The Morgan fingerprint density at radius 2 is 2.17 bits per heavy atom. The van der Waals surface area contributed by atoms with E-state index in [4.69, 9.17) is 4.74 Å². The third-order valence-corrected chi connectivity index (χ3v) is 2.72. The Morgan fingerprint density at radius 3 is 2.89 bits per heavy atom. The maximum atomic E-state index is 9.49. The van der Waals surface area contributed by atoms with Gasteiger partial charge in [0.2, 0.25) is 0 Å². The van der Waals surface area contributed by atoms with Crippen molar-refractivity contribution in [1.29, 1.82) is 0 Å². The highest BCUT2D eigenvalue weighted by Crippen LogP contribution is 2.18. The number of hydrogen-bond acceptors (Lipinski definition) is 3. The summed E-state index contributed by atoms with van der Waals surface area (Å²) in [4.78, 5) is 4.06. The summed E-state index contributed by atoms with van der Waals surface area (Å²) in [6.07, 6.45) is 3.96. The average Bonchev–Trinajstić information content (AvgIpc) is 2.40. The predicted molar refractivity (Wildman–Crippen MR) is 70.5 cm³/mol. The van der Waals surface area contributed by atoms with Crippen molar-refractivity contribution in [3.63, 3.8) is 0 Å². The molecule has 0 bridgehead atoms. The van der Waals surface area contributed by atoms with E-state index in [0.29, 0.717) is 6.61 Å². The van der Waals surface area contributed by atoms with E-state index in [-0.39, 0.29) is 0 Å². The van der Waals surface area contributed by atoms with Gasteiger partial charge < -0.3 is 9.84 Å². The average molecular weight is 243 g/mol. The van der Waals surface area contributed by atoms with E-state index in [9.17, 15) is 5.11 Å². The molecule has 0 spiro atoms. The predicted octanol–water partition coefficient (Wildman–Crippen LogP) is 2.76. The molecule has 0 saturated heterocycles. The molecular weight excluding hydrogens is 226 g/mol. The Morgan fingerprint density at radius 1 is 1.28 bits per heavy atom. The quantitative estimate of drug-likeness (QED) is 0.878. The van der Waals surface area contributed by atoms with Crippen LogP contribution in [0.3, 0.4) is 0 Å². The van der Waals surface area contributed by atoms with E-state index in [2.05, 4.69) is 4.98 Å². The molecule has 0 amide bonds. The summed E-state index contributed by atoms with van der Waals surface area (Å²) in [5.74, 6) is 0.789. The lowest BCUT2D eigenvalue weighted by molar-refractivity contribution is 0.198. The summed E-state index contributed by atoms with van der Waals surface area (Å²) >= 11 is 0. The molecule has 3 heteroatoms. The van der Waals surface area contributed by atoms with Crippen LogP contribution in [-0.2, 0) is 6.42 Å². The smallest absolute Gasteiger partial charge is 0.119 e. The molecule has 0 fully saturated rings. The zero-order chi connectivity index (χ0) is 12.8. The van der Waals surface area contributed by atoms with Crippen LogP contribution in [0.15, 0.2) is 48.8 Å². The van der Waals surface area contributed by atoms with Crippen molar-refractivity contribution in [3.05, 3.63) is 59.9 Å². The molecule has 1 atom stereocenters. The molecule has 0 aliphatic heterocycles. The highest BCUT2D eigenvalue weighted by atomic mass is 16.5. The van der Waals surface area contributed by atoms with Crippen molar-refractivity contribution in [3.8, 4) is 5.75 Å². The molecule has 0 saturated carbocycles. The van der Waals surface area contributed by atoms with Gasteiger partial charge in [-0.3, -0.25) is 4.98 Å². The number of hydrogen-bond donors (Lipinski definition) is 1. The van der Waals surface area contributed by atoms with Crippen LogP contribution in [0.5, 0.6) is 5.75 Å². The van der Waals surface area contributed by atoms with E-state index >= 15 is 0 Å². The van der Waals surface area contributed by atoms with Crippen molar-refractivity contribution in [2.75, 3.05) is 6.61 Å². The second-order valence-corrected chi connectivity index (χ2v) is 4.21. The van der Waals surface area contributed by atoms with Crippen LogP contribution < -0.4 is 4.74 Å². The molecular formula is C15H17NO2. The molecule has 1 aromatic heterocycles. The molecule has 0 aliphatic carbocycles. The standard InChI is InChI=1S/C15H17NO2/c1-12(17)14-5-2-6-15(10-14)18-9-7-13-4-3-8-16-11-13/h2-6,8,10-12,17H,7,9H2,1H3/t12-/m0/s1. The number of aliphatic hydroxyl groups is 1. The number of pyridine rings is 1. The van der Waals surface area contributed by atoms with E-state index in [1.54, 1.807) is 13.1 Å². The van der Waals surface area contributed by atoms with Gasteiger partial charge in [0.1, 0.15) is 5.75 Å². The molecule has 1 aromatic carbocycles. The van der Waals surface area contributed by atoms with E-state index in [1.807, 2.05) is 42.6 Å². The monoisotopic (exact) mass is 243 g/mol. The van der Waals surface area contributed by atoms with Gasteiger partial charge in [0.25, 0.3) is 0 Å². The summed E-state index contributed by atoms with van der Waals surface area (Å²) in [6.45, 7) is 2.35. The number of benzene rings is 1. The number of aromatic nitrogens is 1. The van der Waals surface area contributed by atoms with Gasteiger partial charge in [-0.2, -0.15) is 0 Å². The van der Waals surface area contributed by atoms with Crippen LogP contribution in [0.1, 0.15) is 24.2 Å². The van der Waals surface area contributed by atoms with Crippen LogP contribution >= 0.6 is 0 Å². The molecule has 1 heterocycles. The Hall–Kier alpha value is -1.87. The molecule has 1 N–H and O–H groups in total. The van der Waals surface area contributed by atoms with Gasteiger partial charge in [-0.1, -0.05) is 18.2 Å². The minimum Gasteiger partial charge on any atom is -0.493 e. The molecule has 3 nitrogen and oxygen atoms in total. The molecule has 0 radical (unpaired) electrons. The van der Waals surface area contributed by atoms with Gasteiger partial charge in [0, 0.05) is 18.8 Å². The summed E-state index contributed by atoms with van der Waals surface area (Å²) in [5, 5.41) is 9.49. The van der Waals surface area contributed by atoms with Crippen molar-refractivity contribution < 1.29 is 9.84 Å². The van der Waals surface area contributed by atoms with Crippen LogP contribution in [-0.4, -0.2) is 16.7 Å². The Kier molecular flexibility index (Phi) is 4.31.